The predicted molar refractivity (Wildman–Crippen MR) is 164 cm³/mol. The predicted octanol–water partition coefficient (Wildman–Crippen LogP) is 4.97. The first-order valence-corrected chi connectivity index (χ1v) is 15.8. The second kappa shape index (κ2) is 13.5. The fraction of sp³-hybridized carbons (Fsp3) is 0.333. The van der Waals surface area contributed by atoms with Crippen LogP contribution in [-0.4, -0.2) is 50.9 Å². The summed E-state index contributed by atoms with van der Waals surface area (Å²) in [5.74, 6) is -0.0593. The first-order chi connectivity index (χ1) is 19.2. The highest BCUT2D eigenvalue weighted by Crippen LogP contribution is 2.26. The Balaban J connectivity index is 1.66. The number of nitrogens with one attached hydrogen (secondary N) is 1. The van der Waals surface area contributed by atoms with Gasteiger partial charge in [-0.2, -0.15) is 0 Å². The van der Waals surface area contributed by atoms with Crippen LogP contribution in [0.5, 0.6) is 5.75 Å². The third-order valence-electron chi connectivity index (χ3n) is 7.11. The number of carbonyl (C=O) groups excluding carboxylic acids is 2. The molecule has 0 radical (unpaired) electrons. The van der Waals surface area contributed by atoms with Crippen LogP contribution in [0.2, 0.25) is 0 Å². The zero-order valence-corrected chi connectivity index (χ0v) is 25.6. The highest BCUT2D eigenvalue weighted by atomic mass is 127. The summed E-state index contributed by atoms with van der Waals surface area (Å²) in [6.07, 6.45) is 3.97. The molecule has 10 heteroatoms. The van der Waals surface area contributed by atoms with Gasteiger partial charge in [0.2, 0.25) is 11.8 Å². The summed E-state index contributed by atoms with van der Waals surface area (Å²) < 4.78 is 34.9. The van der Waals surface area contributed by atoms with Gasteiger partial charge in [0.05, 0.1) is 17.7 Å². The number of carbonyl (C=O) groups is 2. The van der Waals surface area contributed by atoms with Crippen molar-refractivity contribution in [2.24, 2.45) is 0 Å². The molecule has 2 amide bonds. The van der Waals surface area contributed by atoms with Crippen LogP contribution in [0.4, 0.5) is 5.69 Å². The standard InChI is InChI=1S/C30H34IN3O5S/c1-22(30(36)32-25-8-6-7-9-25)33(20-23-12-18-27(39-2)19-13-23)29(35)21-34(26-16-14-24(31)15-17-26)40(37,38)28-10-4-3-5-11-28/h3-5,10-19,22,25H,6-9,20-21H2,1-2H3,(H,32,36)/t22-/m1/s1. The van der Waals surface area contributed by atoms with E-state index in [1.165, 1.54) is 17.0 Å². The largest absolute Gasteiger partial charge is 0.497 e. The van der Waals surface area contributed by atoms with E-state index in [9.17, 15) is 18.0 Å². The molecule has 1 atom stereocenters. The molecule has 0 unspecified atom stereocenters. The molecule has 1 saturated carbocycles. The molecule has 212 valence electrons. The van der Waals surface area contributed by atoms with Crippen molar-refractivity contribution in [3.8, 4) is 5.75 Å². The smallest absolute Gasteiger partial charge is 0.264 e. The number of methoxy groups -OCH3 is 1. The summed E-state index contributed by atoms with van der Waals surface area (Å²) >= 11 is 2.15. The van der Waals surface area contributed by atoms with Gasteiger partial charge in [-0.15, -0.1) is 0 Å². The number of anilines is 1. The molecule has 0 aromatic heterocycles. The van der Waals surface area contributed by atoms with Gasteiger partial charge in [0.1, 0.15) is 18.3 Å². The van der Waals surface area contributed by atoms with E-state index >= 15 is 0 Å². The van der Waals surface area contributed by atoms with E-state index in [4.69, 9.17) is 4.74 Å². The number of nitrogens with zero attached hydrogens (tertiary/aromatic N) is 2. The van der Waals surface area contributed by atoms with E-state index in [1.54, 1.807) is 68.6 Å². The molecule has 40 heavy (non-hydrogen) atoms. The molecule has 1 aliphatic rings. The molecule has 1 fully saturated rings. The van der Waals surface area contributed by atoms with Crippen molar-refractivity contribution in [3.05, 3.63) is 88.0 Å². The monoisotopic (exact) mass is 675 g/mol. The number of rotatable bonds is 11. The zero-order valence-electron chi connectivity index (χ0n) is 22.6. The van der Waals surface area contributed by atoms with Gasteiger partial charge in [0, 0.05) is 16.2 Å². The first kappa shape index (κ1) is 29.9. The Morgan fingerprint density at radius 3 is 2.20 bits per heavy atom. The summed E-state index contributed by atoms with van der Waals surface area (Å²) in [4.78, 5) is 28.8. The lowest BCUT2D eigenvalue weighted by Crippen LogP contribution is -2.52. The Hall–Kier alpha value is -3.12. The van der Waals surface area contributed by atoms with Crippen molar-refractivity contribution in [3.63, 3.8) is 0 Å². The third kappa shape index (κ3) is 7.34. The average molecular weight is 676 g/mol. The van der Waals surface area contributed by atoms with Crippen LogP contribution in [0.15, 0.2) is 83.8 Å². The molecule has 0 heterocycles. The molecule has 1 N–H and O–H groups in total. The van der Waals surface area contributed by atoms with Crippen molar-refractivity contribution in [2.75, 3.05) is 18.0 Å². The lowest BCUT2D eigenvalue weighted by Gasteiger charge is -2.32. The fourth-order valence-electron chi connectivity index (χ4n) is 4.76. The van der Waals surface area contributed by atoms with Crippen LogP contribution < -0.4 is 14.4 Å². The van der Waals surface area contributed by atoms with E-state index < -0.39 is 28.5 Å². The molecule has 3 aromatic rings. The van der Waals surface area contributed by atoms with Crippen molar-refractivity contribution in [2.45, 2.75) is 56.1 Å². The Bertz CT molecular complexity index is 1390. The maximum absolute atomic E-state index is 14.0. The van der Waals surface area contributed by atoms with E-state index in [-0.39, 0.29) is 23.4 Å². The van der Waals surface area contributed by atoms with Crippen molar-refractivity contribution in [1.82, 2.24) is 10.2 Å². The van der Waals surface area contributed by atoms with E-state index in [0.717, 1.165) is 39.1 Å². The first-order valence-electron chi connectivity index (χ1n) is 13.2. The van der Waals surface area contributed by atoms with Crippen molar-refractivity contribution < 1.29 is 22.7 Å². The molecule has 0 aliphatic heterocycles. The van der Waals surface area contributed by atoms with E-state index in [2.05, 4.69) is 27.9 Å². The fourth-order valence-corrected chi connectivity index (χ4v) is 6.55. The average Bonchev–Trinajstić information content (AvgIpc) is 3.48. The van der Waals surface area contributed by atoms with E-state index in [1.807, 2.05) is 12.1 Å². The van der Waals surface area contributed by atoms with Gasteiger partial charge >= 0.3 is 0 Å². The minimum atomic E-state index is -4.08. The van der Waals surface area contributed by atoms with Gasteiger partial charge in [-0.3, -0.25) is 13.9 Å². The SMILES string of the molecule is COc1ccc(CN(C(=O)CN(c2ccc(I)cc2)S(=O)(=O)c2ccccc2)[C@H](C)C(=O)NC2CCCC2)cc1. The van der Waals surface area contributed by atoms with Gasteiger partial charge in [0.25, 0.3) is 10.0 Å². The molecule has 8 nitrogen and oxygen atoms in total. The number of halogens is 1. The van der Waals surface area contributed by atoms with E-state index in [0.29, 0.717) is 11.4 Å². The number of hydrogen-bond acceptors (Lipinski definition) is 5. The van der Waals surface area contributed by atoms with Crippen LogP contribution in [0.3, 0.4) is 0 Å². The second-order valence-electron chi connectivity index (χ2n) is 9.84. The zero-order chi connectivity index (χ0) is 28.7. The van der Waals surface area contributed by atoms with Crippen LogP contribution in [0.1, 0.15) is 38.2 Å². The van der Waals surface area contributed by atoms with Gasteiger partial charge in [0.15, 0.2) is 0 Å². The van der Waals surface area contributed by atoms with Gasteiger partial charge in [-0.05, 0) is 96.5 Å². The summed E-state index contributed by atoms with van der Waals surface area (Å²) in [5.41, 5.74) is 1.16. The number of sulfonamides is 1. The Morgan fingerprint density at radius 2 is 1.60 bits per heavy atom. The summed E-state index contributed by atoms with van der Waals surface area (Å²) in [6, 6.07) is 21.5. The highest BCUT2D eigenvalue weighted by molar-refractivity contribution is 14.1. The Labute approximate surface area is 249 Å². The quantitative estimate of drug-likeness (QED) is 0.290. The summed E-state index contributed by atoms with van der Waals surface area (Å²) in [5, 5.41) is 3.08. The van der Waals surface area contributed by atoms with Crippen LogP contribution in [-0.2, 0) is 26.2 Å². The number of benzene rings is 3. The Kier molecular flexibility index (Phi) is 10.1. The van der Waals surface area contributed by atoms with Crippen LogP contribution in [0.25, 0.3) is 0 Å². The van der Waals surface area contributed by atoms with Crippen LogP contribution >= 0.6 is 22.6 Å². The topological polar surface area (TPSA) is 96.0 Å². The summed E-state index contributed by atoms with van der Waals surface area (Å²) in [6.45, 7) is 1.36. The molecule has 3 aromatic carbocycles. The lowest BCUT2D eigenvalue weighted by molar-refractivity contribution is -0.139. The maximum Gasteiger partial charge on any atom is 0.264 e. The number of amides is 2. The van der Waals surface area contributed by atoms with Crippen molar-refractivity contribution in [1.29, 1.82) is 0 Å². The third-order valence-corrected chi connectivity index (χ3v) is 9.61. The molecule has 0 spiro atoms. The van der Waals surface area contributed by atoms with Gasteiger partial charge < -0.3 is 15.0 Å². The maximum atomic E-state index is 14.0. The van der Waals surface area contributed by atoms with Gasteiger partial charge in [-0.25, -0.2) is 8.42 Å². The molecule has 4 rings (SSSR count). The van der Waals surface area contributed by atoms with Gasteiger partial charge in [-0.1, -0.05) is 43.2 Å². The minimum Gasteiger partial charge on any atom is -0.497 e. The molecule has 0 saturated heterocycles. The highest BCUT2D eigenvalue weighted by Gasteiger charge is 2.33. The Morgan fingerprint density at radius 1 is 0.975 bits per heavy atom. The van der Waals surface area contributed by atoms with Crippen molar-refractivity contribution >= 4 is 50.1 Å². The minimum absolute atomic E-state index is 0.0788. The molecule has 1 aliphatic carbocycles. The number of ether oxygens (including phenoxy) is 1. The molecular weight excluding hydrogens is 641 g/mol. The summed E-state index contributed by atoms with van der Waals surface area (Å²) in [7, 11) is -2.50. The number of hydrogen-bond donors (Lipinski definition) is 1. The van der Waals surface area contributed by atoms with Crippen LogP contribution in [0, 0.1) is 3.57 Å². The normalized spacial score (nSPS) is 14.4. The molecular formula is C30H34IN3O5S. The molecule has 0 bridgehead atoms. The lowest BCUT2D eigenvalue weighted by atomic mass is 10.1. The second-order valence-corrected chi connectivity index (χ2v) is 12.9.